The van der Waals surface area contributed by atoms with Crippen LogP contribution < -0.4 is 0 Å². The summed E-state index contributed by atoms with van der Waals surface area (Å²) in [5, 5.41) is 9.04. The van der Waals surface area contributed by atoms with Gasteiger partial charge in [0.15, 0.2) is 0 Å². The number of hydrogen-bond donors (Lipinski definition) is 1. The van der Waals surface area contributed by atoms with E-state index in [1.165, 1.54) is 36.8 Å². The molecule has 62 valence electrons. The Hall–Kier alpha value is -0.300. The molecule has 1 unspecified atom stereocenters. The second kappa shape index (κ2) is 2.63. The van der Waals surface area contributed by atoms with E-state index in [1.807, 2.05) is 0 Å². The second-order valence-electron chi connectivity index (χ2n) is 3.86. The van der Waals surface area contributed by atoms with Crippen LogP contribution in [0.5, 0.6) is 0 Å². The van der Waals surface area contributed by atoms with Crippen LogP contribution >= 0.6 is 0 Å². The Balaban J connectivity index is 2.14. The average molecular weight is 152 g/mol. The fraction of sp³-hybridized carbons (Fsp3) is 0.800. The maximum Gasteiger partial charge on any atom is 0.0647 e. The minimum atomic E-state index is 0.313. The molecule has 2 aliphatic carbocycles. The lowest BCUT2D eigenvalue weighted by Gasteiger charge is -2.43. The molecule has 1 fully saturated rings. The van der Waals surface area contributed by atoms with Gasteiger partial charge in [-0.15, -0.1) is 0 Å². The van der Waals surface area contributed by atoms with Gasteiger partial charge in [-0.05, 0) is 37.2 Å². The summed E-state index contributed by atoms with van der Waals surface area (Å²) < 4.78 is 0. The van der Waals surface area contributed by atoms with Crippen molar-refractivity contribution in [1.82, 2.24) is 0 Å². The van der Waals surface area contributed by atoms with E-state index in [9.17, 15) is 0 Å². The van der Waals surface area contributed by atoms with Gasteiger partial charge < -0.3 is 5.11 Å². The van der Waals surface area contributed by atoms with Crippen LogP contribution in [0.1, 0.15) is 32.6 Å². The number of hydrogen-bond acceptors (Lipinski definition) is 1. The molecule has 0 saturated heterocycles. The Morgan fingerprint density at radius 2 is 1.91 bits per heavy atom. The number of aliphatic hydroxyl groups is 1. The highest BCUT2D eigenvalue weighted by molar-refractivity contribution is 5.31. The minimum Gasteiger partial charge on any atom is -0.392 e. The van der Waals surface area contributed by atoms with Crippen molar-refractivity contribution < 1.29 is 5.11 Å². The Labute approximate surface area is 68.1 Å². The van der Waals surface area contributed by atoms with Gasteiger partial charge in [-0.2, -0.15) is 0 Å². The zero-order valence-corrected chi connectivity index (χ0v) is 7.14. The Morgan fingerprint density at radius 1 is 1.27 bits per heavy atom. The van der Waals surface area contributed by atoms with Crippen molar-refractivity contribution in [2.45, 2.75) is 32.6 Å². The van der Waals surface area contributed by atoms with Crippen LogP contribution in [-0.4, -0.2) is 11.7 Å². The standard InChI is InChI=1S/C10H16O/c1-7-8-4-2-3-5-9(8)10(7)6-11/h8-9,11H,2-6H2,1H3/t8-,9?/m0/s1. The first-order valence-electron chi connectivity index (χ1n) is 4.65. The maximum absolute atomic E-state index is 9.04. The van der Waals surface area contributed by atoms with E-state index in [0.29, 0.717) is 6.61 Å². The molecule has 0 aromatic carbocycles. The summed E-state index contributed by atoms with van der Waals surface area (Å²) in [4.78, 5) is 0. The van der Waals surface area contributed by atoms with Crippen LogP contribution in [0, 0.1) is 11.8 Å². The number of allylic oxidation sites excluding steroid dienone is 1. The lowest BCUT2D eigenvalue weighted by atomic mass is 9.62. The molecular formula is C10H16O. The summed E-state index contributed by atoms with van der Waals surface area (Å²) in [6.45, 7) is 2.50. The van der Waals surface area contributed by atoms with Gasteiger partial charge in [0.1, 0.15) is 0 Å². The zero-order valence-electron chi connectivity index (χ0n) is 7.14. The SMILES string of the molecule is CC1=C(CO)C2CCCC[C@@H]12. The predicted molar refractivity (Wildman–Crippen MR) is 45.2 cm³/mol. The highest BCUT2D eigenvalue weighted by Crippen LogP contribution is 2.48. The molecule has 0 aromatic heterocycles. The van der Waals surface area contributed by atoms with Gasteiger partial charge in [-0.25, -0.2) is 0 Å². The highest BCUT2D eigenvalue weighted by atomic mass is 16.3. The summed E-state index contributed by atoms with van der Waals surface area (Å²) in [5.74, 6) is 1.62. The van der Waals surface area contributed by atoms with E-state index in [0.717, 1.165) is 11.8 Å². The molecule has 1 heteroatoms. The van der Waals surface area contributed by atoms with Gasteiger partial charge in [0.25, 0.3) is 0 Å². The quantitative estimate of drug-likeness (QED) is 0.570. The van der Waals surface area contributed by atoms with E-state index in [1.54, 1.807) is 0 Å². The smallest absolute Gasteiger partial charge is 0.0647 e. The van der Waals surface area contributed by atoms with Crippen molar-refractivity contribution in [1.29, 1.82) is 0 Å². The molecule has 0 aromatic rings. The number of fused-ring (bicyclic) bond motifs is 1. The Kier molecular flexibility index (Phi) is 1.76. The third-order valence-electron chi connectivity index (χ3n) is 3.45. The van der Waals surface area contributed by atoms with Crippen molar-refractivity contribution in [3.05, 3.63) is 11.1 Å². The van der Waals surface area contributed by atoms with Crippen LogP contribution in [-0.2, 0) is 0 Å². The van der Waals surface area contributed by atoms with E-state index in [4.69, 9.17) is 5.11 Å². The molecule has 0 bridgehead atoms. The van der Waals surface area contributed by atoms with Gasteiger partial charge in [-0.1, -0.05) is 18.4 Å². The Bertz CT molecular complexity index is 193. The Morgan fingerprint density at radius 3 is 2.55 bits per heavy atom. The molecule has 1 saturated carbocycles. The third-order valence-corrected chi connectivity index (χ3v) is 3.45. The molecule has 1 nitrogen and oxygen atoms in total. The lowest BCUT2D eigenvalue weighted by Crippen LogP contribution is -2.34. The molecule has 2 atom stereocenters. The zero-order chi connectivity index (χ0) is 7.84. The normalized spacial score (nSPS) is 36.5. The van der Waals surface area contributed by atoms with Crippen LogP contribution in [0.2, 0.25) is 0 Å². The molecular weight excluding hydrogens is 136 g/mol. The molecule has 2 aliphatic rings. The summed E-state index contributed by atoms with van der Waals surface area (Å²) >= 11 is 0. The first kappa shape index (κ1) is 7.35. The van der Waals surface area contributed by atoms with E-state index >= 15 is 0 Å². The summed E-state index contributed by atoms with van der Waals surface area (Å²) in [6, 6.07) is 0. The minimum absolute atomic E-state index is 0.313. The predicted octanol–water partition coefficient (Wildman–Crippen LogP) is 2.12. The van der Waals surface area contributed by atoms with Crippen molar-refractivity contribution in [2.75, 3.05) is 6.61 Å². The first-order chi connectivity index (χ1) is 5.34. The topological polar surface area (TPSA) is 20.2 Å². The molecule has 11 heavy (non-hydrogen) atoms. The third kappa shape index (κ3) is 0.943. The molecule has 2 rings (SSSR count). The van der Waals surface area contributed by atoms with Crippen molar-refractivity contribution in [3.63, 3.8) is 0 Å². The molecule has 1 N–H and O–H groups in total. The highest BCUT2D eigenvalue weighted by Gasteiger charge is 2.38. The maximum atomic E-state index is 9.04. The van der Waals surface area contributed by atoms with Gasteiger partial charge >= 0.3 is 0 Å². The monoisotopic (exact) mass is 152 g/mol. The van der Waals surface area contributed by atoms with E-state index in [2.05, 4.69) is 6.92 Å². The number of aliphatic hydroxyl groups excluding tert-OH is 1. The summed E-state index contributed by atoms with van der Waals surface area (Å²) in [7, 11) is 0. The van der Waals surface area contributed by atoms with Gasteiger partial charge in [0.2, 0.25) is 0 Å². The van der Waals surface area contributed by atoms with Crippen LogP contribution in [0.4, 0.5) is 0 Å². The average Bonchev–Trinajstić information content (AvgIpc) is 2.05. The van der Waals surface area contributed by atoms with Crippen LogP contribution in [0.15, 0.2) is 11.1 Å². The first-order valence-corrected chi connectivity index (χ1v) is 4.65. The fourth-order valence-corrected chi connectivity index (χ4v) is 2.74. The van der Waals surface area contributed by atoms with Crippen LogP contribution in [0.25, 0.3) is 0 Å². The molecule has 0 aliphatic heterocycles. The molecule has 0 spiro atoms. The summed E-state index contributed by atoms with van der Waals surface area (Å²) in [6.07, 6.45) is 5.48. The van der Waals surface area contributed by atoms with Crippen molar-refractivity contribution >= 4 is 0 Å². The van der Waals surface area contributed by atoms with Gasteiger partial charge in [-0.3, -0.25) is 0 Å². The molecule has 0 amide bonds. The fourth-order valence-electron chi connectivity index (χ4n) is 2.74. The lowest BCUT2D eigenvalue weighted by molar-refractivity contribution is 0.214. The van der Waals surface area contributed by atoms with Gasteiger partial charge in [0, 0.05) is 0 Å². The van der Waals surface area contributed by atoms with Crippen molar-refractivity contribution in [3.8, 4) is 0 Å². The van der Waals surface area contributed by atoms with Crippen LogP contribution in [0.3, 0.4) is 0 Å². The van der Waals surface area contributed by atoms with Gasteiger partial charge in [0.05, 0.1) is 6.61 Å². The molecule has 0 heterocycles. The largest absolute Gasteiger partial charge is 0.392 e. The van der Waals surface area contributed by atoms with E-state index < -0.39 is 0 Å². The second-order valence-corrected chi connectivity index (χ2v) is 3.86. The summed E-state index contributed by atoms with van der Waals surface area (Å²) in [5.41, 5.74) is 2.85. The van der Waals surface area contributed by atoms with Crippen molar-refractivity contribution in [2.24, 2.45) is 11.8 Å². The molecule has 0 radical (unpaired) electrons. The van der Waals surface area contributed by atoms with E-state index in [-0.39, 0.29) is 0 Å². The number of rotatable bonds is 1.